The van der Waals surface area contributed by atoms with Crippen molar-refractivity contribution in [3.05, 3.63) is 53.3 Å². The van der Waals surface area contributed by atoms with Gasteiger partial charge in [0.25, 0.3) is 5.91 Å². The fourth-order valence-electron chi connectivity index (χ4n) is 5.77. The first-order valence-electron chi connectivity index (χ1n) is 14.8. The van der Waals surface area contributed by atoms with E-state index in [0.29, 0.717) is 17.2 Å². The van der Waals surface area contributed by atoms with E-state index in [1.165, 1.54) is 11.8 Å². The third kappa shape index (κ3) is 5.98. The molecule has 2 amide bonds. The van der Waals surface area contributed by atoms with Crippen LogP contribution in [0, 0.1) is 12.8 Å². The summed E-state index contributed by atoms with van der Waals surface area (Å²) in [4.78, 5) is 44.0. The highest BCUT2D eigenvalue weighted by Gasteiger charge is 2.33. The second-order valence-corrected chi connectivity index (χ2v) is 12.9. The summed E-state index contributed by atoms with van der Waals surface area (Å²) in [5.74, 6) is 0.151. The van der Waals surface area contributed by atoms with Crippen molar-refractivity contribution in [1.82, 2.24) is 29.4 Å². The molecule has 226 valence electrons. The van der Waals surface area contributed by atoms with Crippen molar-refractivity contribution in [1.29, 1.82) is 0 Å². The number of ketones is 1. The van der Waals surface area contributed by atoms with Gasteiger partial charge in [-0.15, -0.1) is 0 Å². The fourth-order valence-corrected chi connectivity index (χ4v) is 5.77. The summed E-state index contributed by atoms with van der Waals surface area (Å²) in [6.07, 6.45) is 2.20. The quantitative estimate of drug-likeness (QED) is 0.304. The molecule has 0 radical (unpaired) electrons. The van der Waals surface area contributed by atoms with Crippen LogP contribution in [0.4, 0.5) is 9.18 Å². The smallest absolute Gasteiger partial charge is 0.407 e. The molecule has 0 aromatic carbocycles. The number of amides is 2. The topological polar surface area (TPSA) is 111 Å². The first-order valence-corrected chi connectivity index (χ1v) is 14.8. The summed E-state index contributed by atoms with van der Waals surface area (Å²) >= 11 is 0. The maximum absolute atomic E-state index is 14.7. The van der Waals surface area contributed by atoms with E-state index in [2.05, 4.69) is 20.9 Å². The lowest BCUT2D eigenvalue weighted by Gasteiger charge is -2.35. The number of piperidine rings is 1. The van der Waals surface area contributed by atoms with Crippen molar-refractivity contribution in [2.75, 3.05) is 13.1 Å². The van der Waals surface area contributed by atoms with Gasteiger partial charge < -0.3 is 19.5 Å². The van der Waals surface area contributed by atoms with Crippen molar-refractivity contribution in [2.45, 2.75) is 78.2 Å². The zero-order valence-electron chi connectivity index (χ0n) is 25.2. The molecule has 0 spiro atoms. The number of aromatic nitrogens is 4. The molecule has 6 rings (SSSR count). The molecule has 1 saturated heterocycles. The van der Waals surface area contributed by atoms with E-state index in [-0.39, 0.29) is 31.2 Å². The molecule has 2 aliphatic rings. The number of nitrogens with one attached hydrogen (secondary N) is 1. The van der Waals surface area contributed by atoms with Gasteiger partial charge in [0.05, 0.1) is 29.4 Å². The van der Waals surface area contributed by atoms with Gasteiger partial charge in [-0.05, 0) is 76.8 Å². The van der Waals surface area contributed by atoms with Crippen molar-refractivity contribution in [3.63, 3.8) is 0 Å². The normalized spacial score (nSPS) is 19.2. The molecule has 5 heterocycles. The van der Waals surface area contributed by atoms with Crippen LogP contribution in [-0.4, -0.2) is 72.8 Å². The predicted molar refractivity (Wildman–Crippen MR) is 160 cm³/mol. The van der Waals surface area contributed by atoms with E-state index in [1.54, 1.807) is 43.6 Å². The number of nitrogens with zero attached hydrogens (tertiary/aromatic N) is 5. The molecule has 43 heavy (non-hydrogen) atoms. The van der Waals surface area contributed by atoms with E-state index < -0.39 is 23.9 Å². The van der Waals surface area contributed by atoms with Crippen molar-refractivity contribution >= 4 is 34.3 Å². The highest BCUT2D eigenvalue weighted by atomic mass is 19.1. The Labute approximate surface area is 249 Å². The molecule has 0 unspecified atom stereocenters. The van der Waals surface area contributed by atoms with Gasteiger partial charge in [-0.3, -0.25) is 9.59 Å². The van der Waals surface area contributed by atoms with Crippen molar-refractivity contribution in [2.24, 2.45) is 5.92 Å². The Morgan fingerprint density at radius 1 is 1.12 bits per heavy atom. The Morgan fingerprint density at radius 2 is 1.88 bits per heavy atom. The van der Waals surface area contributed by atoms with E-state index >= 15 is 0 Å². The van der Waals surface area contributed by atoms with Crippen molar-refractivity contribution < 1.29 is 23.5 Å². The summed E-state index contributed by atoms with van der Waals surface area (Å²) in [5.41, 5.74) is 4.38. The molecule has 1 N–H and O–H groups in total. The minimum absolute atomic E-state index is 0.0523. The van der Waals surface area contributed by atoms with Crippen LogP contribution in [0.5, 0.6) is 0 Å². The lowest BCUT2D eigenvalue weighted by molar-refractivity contribution is 0.0394. The molecule has 1 saturated carbocycles. The number of ether oxygens (including phenoxy) is 1. The van der Waals surface area contributed by atoms with Gasteiger partial charge in [0.2, 0.25) is 0 Å². The first kappa shape index (κ1) is 28.8. The van der Waals surface area contributed by atoms with Gasteiger partial charge in [-0.25, -0.2) is 18.7 Å². The Kier molecular flexibility index (Phi) is 7.22. The molecule has 4 aromatic heterocycles. The number of hydrogen-bond donors (Lipinski definition) is 1. The average molecular weight is 589 g/mol. The number of halogens is 1. The van der Waals surface area contributed by atoms with Gasteiger partial charge >= 0.3 is 6.09 Å². The molecule has 10 nitrogen and oxygen atoms in total. The number of alkyl carbamates (subject to hydrolysis) is 1. The number of aryl methyl sites for hydroxylation is 1. The summed E-state index contributed by atoms with van der Waals surface area (Å²) in [7, 11) is 0. The van der Waals surface area contributed by atoms with Gasteiger partial charge in [0.1, 0.15) is 28.8 Å². The van der Waals surface area contributed by atoms with Crippen molar-refractivity contribution in [3.8, 4) is 11.4 Å². The molecular weight excluding hydrogens is 551 g/mol. The summed E-state index contributed by atoms with van der Waals surface area (Å²) in [6, 6.07) is 8.76. The van der Waals surface area contributed by atoms with Gasteiger partial charge in [0.15, 0.2) is 5.78 Å². The Balaban J connectivity index is 1.29. The lowest BCUT2D eigenvalue weighted by Crippen LogP contribution is -2.54. The third-order valence-corrected chi connectivity index (χ3v) is 8.02. The third-order valence-electron chi connectivity index (χ3n) is 8.02. The second kappa shape index (κ2) is 10.8. The fraction of sp³-hybridized carbons (Fsp3) is 0.469. The number of Topliss-reactive ketones (excluding diaryl/α,β-unsaturated/α-hetero) is 1. The standard InChI is InChI=1S/C32H37FN6O4/c1-18-26-11-9-22(30(41)37-16-23(33)13-24(17-37)34-31(42)43-32(3,4)5)15-39(26)36-28(18)27-12-21-8-10-25(19(2)40)35-29(21)38(27)14-20-6-7-20/h8-12,15,20,23-24H,6-7,13-14,16-17H2,1-5H3,(H,34,42)/t23-,24-/m1/s1. The molecule has 0 bridgehead atoms. The SMILES string of the molecule is CC(=O)c1ccc2cc(-c3nn4cc(C(=O)N5C[C@H](F)C[C@@H](NC(=O)OC(C)(C)C)C5)ccc4c3C)n(CC3CC3)c2n1. The van der Waals surface area contributed by atoms with Gasteiger partial charge in [0, 0.05) is 43.6 Å². The average Bonchev–Trinajstić information content (AvgIpc) is 3.60. The number of alkyl halides is 1. The maximum atomic E-state index is 14.7. The zero-order valence-corrected chi connectivity index (χ0v) is 25.2. The summed E-state index contributed by atoms with van der Waals surface area (Å²) < 4.78 is 23.9. The lowest BCUT2D eigenvalue weighted by atomic mass is 10.0. The van der Waals surface area contributed by atoms with Crippen LogP contribution < -0.4 is 5.32 Å². The van der Waals surface area contributed by atoms with Gasteiger partial charge in [-0.1, -0.05) is 0 Å². The molecule has 4 aromatic rings. The molecule has 1 aliphatic heterocycles. The van der Waals surface area contributed by atoms with Crippen LogP contribution in [0.1, 0.15) is 73.4 Å². The number of pyridine rings is 2. The maximum Gasteiger partial charge on any atom is 0.407 e. The Hall–Kier alpha value is -4.28. The highest BCUT2D eigenvalue weighted by Crippen LogP contribution is 2.36. The molecule has 11 heteroatoms. The monoisotopic (exact) mass is 588 g/mol. The number of carbonyl (C=O) groups excluding carboxylic acids is 3. The number of carbonyl (C=O) groups is 3. The predicted octanol–water partition coefficient (Wildman–Crippen LogP) is 5.35. The van der Waals surface area contributed by atoms with E-state index in [0.717, 1.165) is 52.9 Å². The van der Waals surface area contributed by atoms with Crippen LogP contribution in [0.2, 0.25) is 0 Å². The minimum Gasteiger partial charge on any atom is -0.444 e. The molecule has 2 atom stereocenters. The zero-order chi connectivity index (χ0) is 30.6. The van der Waals surface area contributed by atoms with E-state index in [1.807, 2.05) is 19.1 Å². The first-order chi connectivity index (χ1) is 20.4. The largest absolute Gasteiger partial charge is 0.444 e. The minimum atomic E-state index is -1.27. The van der Waals surface area contributed by atoms with Crippen LogP contribution in [0.3, 0.4) is 0 Å². The van der Waals surface area contributed by atoms with Crippen LogP contribution in [-0.2, 0) is 11.3 Å². The number of fused-ring (bicyclic) bond motifs is 2. The van der Waals surface area contributed by atoms with Gasteiger partial charge in [-0.2, -0.15) is 5.10 Å². The van der Waals surface area contributed by atoms with E-state index in [9.17, 15) is 18.8 Å². The second-order valence-electron chi connectivity index (χ2n) is 12.9. The Morgan fingerprint density at radius 3 is 2.58 bits per heavy atom. The van der Waals surface area contributed by atoms with Crippen LogP contribution in [0.25, 0.3) is 27.9 Å². The molecular formula is C32H37FN6O4. The summed E-state index contributed by atoms with van der Waals surface area (Å²) in [6.45, 7) is 9.71. The van der Waals surface area contributed by atoms with E-state index in [4.69, 9.17) is 9.84 Å². The molecule has 2 fully saturated rings. The Bertz CT molecular complexity index is 1750. The summed E-state index contributed by atoms with van der Waals surface area (Å²) in [5, 5.41) is 8.54. The number of hydrogen-bond acceptors (Lipinski definition) is 6. The number of rotatable bonds is 6. The number of likely N-dealkylation sites (tertiary alicyclic amines) is 1. The highest BCUT2D eigenvalue weighted by molar-refractivity contribution is 5.96. The molecule has 1 aliphatic carbocycles. The van der Waals surface area contributed by atoms with Crippen LogP contribution in [0.15, 0.2) is 36.5 Å². The van der Waals surface area contributed by atoms with Crippen LogP contribution >= 0.6 is 0 Å².